The summed E-state index contributed by atoms with van der Waals surface area (Å²) in [4.78, 5) is 0. The van der Waals surface area contributed by atoms with E-state index >= 15 is 0 Å². The van der Waals surface area contributed by atoms with Crippen molar-refractivity contribution < 1.29 is 4.74 Å². The lowest BCUT2D eigenvalue weighted by atomic mass is 10.2. The lowest BCUT2D eigenvalue weighted by Gasteiger charge is -2.14. The van der Waals surface area contributed by atoms with Crippen molar-refractivity contribution in [2.24, 2.45) is 0 Å². The monoisotopic (exact) mass is 397 g/mol. The highest BCUT2D eigenvalue weighted by Crippen LogP contribution is 2.32. The van der Waals surface area contributed by atoms with Gasteiger partial charge in [-0.2, -0.15) is 0 Å². The molecule has 0 amide bonds. The van der Waals surface area contributed by atoms with Crippen molar-refractivity contribution >= 4 is 31.9 Å². The first-order valence-corrected chi connectivity index (χ1v) is 8.09. The van der Waals surface area contributed by atoms with Crippen LogP contribution in [0.1, 0.15) is 19.4 Å². The van der Waals surface area contributed by atoms with E-state index in [1.54, 1.807) is 0 Å². The molecule has 0 saturated carbocycles. The van der Waals surface area contributed by atoms with Crippen LogP contribution in [0.25, 0.3) is 0 Å². The Morgan fingerprint density at radius 2 is 1.80 bits per heavy atom. The average Bonchev–Trinajstić information content (AvgIpc) is 2.40. The molecule has 1 N–H and O–H groups in total. The van der Waals surface area contributed by atoms with E-state index in [0.29, 0.717) is 6.04 Å². The Balaban J connectivity index is 2.25. The molecule has 20 heavy (non-hydrogen) atoms. The molecule has 0 heterocycles. The van der Waals surface area contributed by atoms with Gasteiger partial charge in [0.2, 0.25) is 0 Å². The molecule has 0 aliphatic rings. The van der Waals surface area contributed by atoms with Gasteiger partial charge in [-0.05, 0) is 40.2 Å². The second-order valence-corrected chi connectivity index (χ2v) is 6.59. The third-order valence-electron chi connectivity index (χ3n) is 2.79. The highest BCUT2D eigenvalue weighted by Gasteiger charge is 2.08. The summed E-state index contributed by atoms with van der Waals surface area (Å²) in [7, 11) is 0. The minimum absolute atomic E-state index is 0.440. The summed E-state index contributed by atoms with van der Waals surface area (Å²) in [6.45, 7) is 5.05. The Kier molecular flexibility index (Phi) is 5.64. The molecule has 4 heteroatoms. The number of nitrogens with one attached hydrogen (secondary N) is 1. The van der Waals surface area contributed by atoms with Gasteiger partial charge in [0.25, 0.3) is 0 Å². The summed E-state index contributed by atoms with van der Waals surface area (Å²) in [6, 6.07) is 14.4. The largest absolute Gasteiger partial charge is 0.456 e. The van der Waals surface area contributed by atoms with E-state index in [9.17, 15) is 0 Å². The summed E-state index contributed by atoms with van der Waals surface area (Å²) < 4.78 is 7.99. The molecule has 2 aromatic rings. The van der Waals surface area contributed by atoms with Crippen molar-refractivity contribution in [2.45, 2.75) is 26.4 Å². The number of hydrogen-bond donors (Lipinski definition) is 1. The Bertz CT molecular complexity index is 584. The topological polar surface area (TPSA) is 21.3 Å². The minimum Gasteiger partial charge on any atom is -0.456 e. The normalized spacial score (nSPS) is 10.8. The molecule has 0 aromatic heterocycles. The van der Waals surface area contributed by atoms with Crippen molar-refractivity contribution in [1.29, 1.82) is 0 Å². The summed E-state index contributed by atoms with van der Waals surface area (Å²) in [5.74, 6) is 1.68. The highest BCUT2D eigenvalue weighted by atomic mass is 79.9. The Hall–Kier alpha value is -0.840. The van der Waals surface area contributed by atoms with Crippen LogP contribution in [0.15, 0.2) is 51.4 Å². The summed E-state index contributed by atoms with van der Waals surface area (Å²) in [5, 5.41) is 3.42. The number of rotatable bonds is 5. The SMILES string of the molecule is CC(C)NCc1ccc(Br)cc1Oc1ccccc1Br. The average molecular weight is 399 g/mol. The molecule has 2 rings (SSSR count). The van der Waals surface area contributed by atoms with Crippen LogP contribution in [0.2, 0.25) is 0 Å². The first-order chi connectivity index (χ1) is 9.56. The number of ether oxygens (including phenoxy) is 1. The van der Waals surface area contributed by atoms with E-state index in [1.165, 1.54) is 0 Å². The molecule has 0 aliphatic carbocycles. The minimum atomic E-state index is 0.440. The van der Waals surface area contributed by atoms with Gasteiger partial charge in [-0.3, -0.25) is 0 Å². The Labute approximate surface area is 136 Å². The zero-order valence-corrected chi connectivity index (χ0v) is 14.7. The molecule has 0 radical (unpaired) electrons. The lowest BCUT2D eigenvalue weighted by Crippen LogP contribution is -2.22. The van der Waals surface area contributed by atoms with E-state index in [1.807, 2.05) is 36.4 Å². The van der Waals surface area contributed by atoms with Crippen LogP contribution < -0.4 is 10.1 Å². The standard InChI is InChI=1S/C16H17Br2NO/c1-11(2)19-10-12-7-8-13(17)9-16(12)20-15-6-4-3-5-14(15)18/h3-9,11,19H,10H2,1-2H3. The van der Waals surface area contributed by atoms with Crippen molar-refractivity contribution in [1.82, 2.24) is 5.32 Å². The first kappa shape index (κ1) is 15.5. The molecule has 0 atom stereocenters. The van der Waals surface area contributed by atoms with E-state index in [0.717, 1.165) is 32.6 Å². The fourth-order valence-corrected chi connectivity index (χ4v) is 2.44. The quantitative estimate of drug-likeness (QED) is 0.717. The molecule has 0 aliphatic heterocycles. The molecule has 2 nitrogen and oxygen atoms in total. The van der Waals surface area contributed by atoms with Crippen LogP contribution in [0, 0.1) is 0 Å². The van der Waals surface area contributed by atoms with E-state index < -0.39 is 0 Å². The van der Waals surface area contributed by atoms with E-state index in [4.69, 9.17) is 4.74 Å². The van der Waals surface area contributed by atoms with Crippen LogP contribution in [0.4, 0.5) is 0 Å². The lowest BCUT2D eigenvalue weighted by molar-refractivity contribution is 0.466. The zero-order chi connectivity index (χ0) is 14.5. The molecule has 2 aromatic carbocycles. The van der Waals surface area contributed by atoms with Crippen LogP contribution in [-0.4, -0.2) is 6.04 Å². The van der Waals surface area contributed by atoms with Gasteiger partial charge in [0.1, 0.15) is 11.5 Å². The maximum Gasteiger partial charge on any atom is 0.141 e. The van der Waals surface area contributed by atoms with Crippen LogP contribution in [0.3, 0.4) is 0 Å². The third kappa shape index (κ3) is 4.33. The Morgan fingerprint density at radius 3 is 2.50 bits per heavy atom. The maximum atomic E-state index is 6.04. The number of benzene rings is 2. The molecule has 0 bridgehead atoms. The maximum absolute atomic E-state index is 6.04. The molecule has 0 spiro atoms. The smallest absolute Gasteiger partial charge is 0.141 e. The van der Waals surface area contributed by atoms with Crippen LogP contribution in [0.5, 0.6) is 11.5 Å². The predicted molar refractivity (Wildman–Crippen MR) is 90.3 cm³/mol. The fourth-order valence-electron chi connectivity index (χ4n) is 1.73. The van der Waals surface area contributed by atoms with Crippen molar-refractivity contribution in [3.63, 3.8) is 0 Å². The van der Waals surface area contributed by atoms with Gasteiger partial charge >= 0.3 is 0 Å². The molecule has 106 valence electrons. The van der Waals surface area contributed by atoms with E-state index in [-0.39, 0.29) is 0 Å². The van der Waals surface area contributed by atoms with Gasteiger partial charge in [-0.15, -0.1) is 0 Å². The zero-order valence-electron chi connectivity index (χ0n) is 11.5. The van der Waals surface area contributed by atoms with Gasteiger partial charge in [0.05, 0.1) is 4.47 Å². The van der Waals surface area contributed by atoms with E-state index in [2.05, 4.69) is 57.1 Å². The Morgan fingerprint density at radius 1 is 1.05 bits per heavy atom. The van der Waals surface area contributed by atoms with Gasteiger partial charge in [0.15, 0.2) is 0 Å². The second kappa shape index (κ2) is 7.25. The third-order valence-corrected chi connectivity index (χ3v) is 3.93. The van der Waals surface area contributed by atoms with Crippen molar-refractivity contribution in [2.75, 3.05) is 0 Å². The first-order valence-electron chi connectivity index (χ1n) is 6.50. The number of halogens is 2. The second-order valence-electron chi connectivity index (χ2n) is 4.82. The van der Waals surface area contributed by atoms with Crippen molar-refractivity contribution in [3.05, 3.63) is 57.0 Å². The van der Waals surface area contributed by atoms with Gasteiger partial charge in [-0.25, -0.2) is 0 Å². The number of para-hydroxylation sites is 1. The molecule has 0 fully saturated rings. The molecule has 0 saturated heterocycles. The van der Waals surface area contributed by atoms with Crippen LogP contribution >= 0.6 is 31.9 Å². The number of hydrogen-bond acceptors (Lipinski definition) is 2. The molecule has 0 unspecified atom stereocenters. The van der Waals surface area contributed by atoms with Gasteiger partial charge < -0.3 is 10.1 Å². The van der Waals surface area contributed by atoms with Gasteiger partial charge in [-0.1, -0.05) is 48.0 Å². The highest BCUT2D eigenvalue weighted by molar-refractivity contribution is 9.10. The summed E-state index contributed by atoms with van der Waals surface area (Å²) >= 11 is 7.00. The molecular weight excluding hydrogens is 382 g/mol. The van der Waals surface area contributed by atoms with Crippen LogP contribution in [-0.2, 0) is 6.54 Å². The summed E-state index contributed by atoms with van der Waals surface area (Å²) in [6.07, 6.45) is 0. The fraction of sp³-hybridized carbons (Fsp3) is 0.250. The summed E-state index contributed by atoms with van der Waals surface area (Å²) in [5.41, 5.74) is 1.14. The predicted octanol–water partition coefficient (Wildman–Crippen LogP) is 5.50. The molecular formula is C16H17Br2NO. The van der Waals surface area contributed by atoms with Gasteiger partial charge in [0, 0.05) is 22.6 Å². The van der Waals surface area contributed by atoms with Crippen molar-refractivity contribution in [3.8, 4) is 11.5 Å².